The van der Waals surface area contributed by atoms with Gasteiger partial charge in [0.2, 0.25) is 5.91 Å². The van der Waals surface area contributed by atoms with Crippen molar-refractivity contribution in [3.8, 4) is 0 Å². The summed E-state index contributed by atoms with van der Waals surface area (Å²) in [4.78, 5) is 24.3. The van der Waals surface area contributed by atoms with Crippen molar-refractivity contribution in [2.24, 2.45) is 5.10 Å². The minimum absolute atomic E-state index is 0.0938. The van der Waals surface area contributed by atoms with Gasteiger partial charge < -0.3 is 5.32 Å². The highest BCUT2D eigenvalue weighted by Crippen LogP contribution is 2.28. The second-order valence-electron chi connectivity index (χ2n) is 8.61. The van der Waals surface area contributed by atoms with Crippen molar-refractivity contribution in [2.75, 3.05) is 16.2 Å². The maximum atomic E-state index is 13.6. The number of rotatable bonds is 8. The molecule has 0 aliphatic heterocycles. The van der Waals surface area contributed by atoms with E-state index in [1.807, 2.05) is 26.0 Å². The van der Waals surface area contributed by atoms with E-state index in [-0.39, 0.29) is 10.8 Å². The van der Waals surface area contributed by atoms with Crippen molar-refractivity contribution in [1.82, 2.24) is 5.43 Å². The number of nitrogens with one attached hydrogen (secondary N) is 2. The highest BCUT2D eigenvalue weighted by Gasteiger charge is 2.28. The predicted octanol–water partition coefficient (Wildman–Crippen LogP) is 4.31. The molecule has 0 saturated carbocycles. The normalized spacial score (nSPS) is 11.6. The highest BCUT2D eigenvalue weighted by molar-refractivity contribution is 7.92. The molecule has 0 saturated heterocycles. The van der Waals surface area contributed by atoms with E-state index in [0.717, 1.165) is 21.0 Å². The lowest BCUT2D eigenvalue weighted by atomic mass is 10.1. The Balaban J connectivity index is 1.89. The molecule has 0 atom stereocenters. The molecule has 0 aromatic heterocycles. The molecule has 2 N–H and O–H groups in total. The van der Waals surface area contributed by atoms with Gasteiger partial charge in [0.1, 0.15) is 6.54 Å². The summed E-state index contributed by atoms with van der Waals surface area (Å²) < 4.78 is 28.3. The highest BCUT2D eigenvalue weighted by atomic mass is 32.2. The second-order valence-corrected chi connectivity index (χ2v) is 10.5. The lowest BCUT2D eigenvalue weighted by molar-refractivity contribution is -0.119. The minimum Gasteiger partial charge on any atom is -0.326 e. The van der Waals surface area contributed by atoms with Crippen LogP contribution in [0.3, 0.4) is 0 Å². The van der Waals surface area contributed by atoms with Crippen LogP contribution in [-0.2, 0) is 19.6 Å². The molecule has 36 heavy (non-hydrogen) atoms. The predicted molar refractivity (Wildman–Crippen MR) is 143 cm³/mol. The Kier molecular flexibility index (Phi) is 8.26. The van der Waals surface area contributed by atoms with E-state index >= 15 is 0 Å². The van der Waals surface area contributed by atoms with Crippen molar-refractivity contribution in [1.29, 1.82) is 0 Å². The molecule has 0 bridgehead atoms. The Bertz CT molecular complexity index is 1410. The third-order valence-corrected chi connectivity index (χ3v) is 7.25. The van der Waals surface area contributed by atoms with Gasteiger partial charge in [0.05, 0.1) is 16.3 Å². The van der Waals surface area contributed by atoms with Crippen LogP contribution in [0, 0.1) is 20.8 Å². The maximum absolute atomic E-state index is 13.6. The number of sulfonamides is 1. The van der Waals surface area contributed by atoms with Crippen LogP contribution in [-0.4, -0.2) is 32.5 Å². The molecule has 2 amide bonds. The molecule has 0 aliphatic rings. The van der Waals surface area contributed by atoms with Gasteiger partial charge >= 0.3 is 0 Å². The summed E-state index contributed by atoms with van der Waals surface area (Å²) in [5, 5.41) is 6.85. The number of hydrogen-bond acceptors (Lipinski definition) is 5. The third kappa shape index (κ3) is 6.57. The second kappa shape index (κ2) is 11.2. The Morgan fingerprint density at radius 1 is 0.889 bits per heavy atom. The average Bonchev–Trinajstić information content (AvgIpc) is 2.82. The number of nitrogens with zero attached hydrogens (tertiary/aromatic N) is 2. The van der Waals surface area contributed by atoms with Crippen molar-refractivity contribution < 1.29 is 18.0 Å². The first-order valence-corrected chi connectivity index (χ1v) is 12.8. The molecular formula is C27H30N4O4S. The number of carbonyl (C=O) groups is 2. The van der Waals surface area contributed by atoms with Crippen molar-refractivity contribution in [2.45, 2.75) is 39.5 Å². The Hall–Kier alpha value is -3.98. The first kappa shape index (κ1) is 26.6. The van der Waals surface area contributed by atoms with Crippen molar-refractivity contribution >= 4 is 38.9 Å². The lowest BCUT2D eigenvalue weighted by Gasteiger charge is -2.25. The SMILES string of the molecule is CC(=O)Nc1cccc(/C(C)=N/NC(=O)CN(c2cc(C)ccc2C)S(=O)(=O)c2ccc(C)cc2)c1. The Labute approximate surface area is 212 Å². The summed E-state index contributed by atoms with van der Waals surface area (Å²) >= 11 is 0. The van der Waals surface area contributed by atoms with Gasteiger partial charge in [-0.2, -0.15) is 5.10 Å². The number of carbonyl (C=O) groups excluding carboxylic acids is 2. The van der Waals surface area contributed by atoms with Gasteiger partial charge in [-0.1, -0.05) is 42.0 Å². The molecule has 3 aromatic rings. The zero-order valence-electron chi connectivity index (χ0n) is 21.0. The summed E-state index contributed by atoms with van der Waals surface area (Å²) in [6, 6.07) is 19.0. The zero-order valence-corrected chi connectivity index (χ0v) is 21.8. The van der Waals surface area contributed by atoms with Crippen LogP contribution in [0.2, 0.25) is 0 Å². The number of benzene rings is 3. The van der Waals surface area contributed by atoms with Gasteiger partial charge in [-0.25, -0.2) is 13.8 Å². The monoisotopic (exact) mass is 506 g/mol. The number of hydrazone groups is 1. The first-order valence-electron chi connectivity index (χ1n) is 11.3. The van der Waals surface area contributed by atoms with E-state index in [2.05, 4.69) is 15.8 Å². The fourth-order valence-corrected chi connectivity index (χ4v) is 5.00. The van der Waals surface area contributed by atoms with Crippen LogP contribution in [0.25, 0.3) is 0 Å². The molecule has 8 nitrogen and oxygen atoms in total. The molecular weight excluding hydrogens is 476 g/mol. The summed E-state index contributed by atoms with van der Waals surface area (Å²) in [6.07, 6.45) is 0. The van der Waals surface area contributed by atoms with Gasteiger partial charge in [0.25, 0.3) is 15.9 Å². The van der Waals surface area contributed by atoms with E-state index in [4.69, 9.17) is 0 Å². The number of hydrogen-bond donors (Lipinski definition) is 2. The molecule has 3 rings (SSSR count). The van der Waals surface area contributed by atoms with Gasteiger partial charge in [0.15, 0.2) is 0 Å². The largest absolute Gasteiger partial charge is 0.326 e. The van der Waals surface area contributed by atoms with Crippen molar-refractivity contribution in [3.05, 3.63) is 89.0 Å². The standard InChI is InChI=1S/C27H30N4O4S/c1-18-10-13-25(14-11-18)36(34,35)31(26-15-19(2)9-12-20(26)3)17-27(33)30-29-21(4)23-7-6-8-24(16-23)28-22(5)32/h6-16H,17H2,1-5H3,(H,28,32)(H,30,33)/b29-21+. The zero-order chi connectivity index (χ0) is 26.5. The van der Waals surface area contributed by atoms with E-state index in [1.54, 1.807) is 56.3 Å². The molecule has 9 heteroatoms. The summed E-state index contributed by atoms with van der Waals surface area (Å²) in [7, 11) is -4.03. The number of aryl methyl sites for hydroxylation is 3. The maximum Gasteiger partial charge on any atom is 0.264 e. The summed E-state index contributed by atoms with van der Waals surface area (Å²) in [5.74, 6) is -0.791. The van der Waals surface area contributed by atoms with Crippen LogP contribution >= 0.6 is 0 Å². The summed E-state index contributed by atoms with van der Waals surface area (Å²) in [5.41, 5.74) is 7.20. The summed E-state index contributed by atoms with van der Waals surface area (Å²) in [6.45, 7) is 8.21. The molecule has 0 aliphatic carbocycles. The number of anilines is 2. The van der Waals surface area contributed by atoms with Gasteiger partial charge in [-0.15, -0.1) is 0 Å². The minimum atomic E-state index is -4.03. The topological polar surface area (TPSA) is 108 Å². The lowest BCUT2D eigenvalue weighted by Crippen LogP contribution is -2.40. The average molecular weight is 507 g/mol. The quantitative estimate of drug-likeness (QED) is 0.351. The van der Waals surface area contributed by atoms with Gasteiger partial charge in [-0.3, -0.25) is 13.9 Å². The molecule has 0 radical (unpaired) electrons. The van der Waals surface area contributed by atoms with E-state index in [1.165, 1.54) is 19.1 Å². The van der Waals surface area contributed by atoms with Crippen LogP contribution in [0.15, 0.2) is 76.7 Å². The van der Waals surface area contributed by atoms with Gasteiger partial charge in [0, 0.05) is 12.6 Å². The molecule has 0 unspecified atom stereocenters. The molecule has 0 fully saturated rings. The Morgan fingerprint density at radius 2 is 1.56 bits per heavy atom. The van der Waals surface area contributed by atoms with Crippen LogP contribution in [0.1, 0.15) is 36.1 Å². The van der Waals surface area contributed by atoms with Gasteiger partial charge in [-0.05, 0) is 74.7 Å². The molecule has 3 aromatic carbocycles. The van der Waals surface area contributed by atoms with E-state index in [0.29, 0.717) is 22.6 Å². The smallest absolute Gasteiger partial charge is 0.264 e. The third-order valence-electron chi connectivity index (χ3n) is 5.48. The molecule has 0 heterocycles. The molecule has 0 spiro atoms. The molecule has 188 valence electrons. The Morgan fingerprint density at radius 3 is 2.22 bits per heavy atom. The van der Waals surface area contributed by atoms with Crippen LogP contribution in [0.5, 0.6) is 0 Å². The first-order chi connectivity index (χ1) is 17.0. The van der Waals surface area contributed by atoms with Crippen LogP contribution < -0.4 is 15.0 Å². The van der Waals surface area contributed by atoms with Crippen LogP contribution in [0.4, 0.5) is 11.4 Å². The van der Waals surface area contributed by atoms with Crippen molar-refractivity contribution in [3.63, 3.8) is 0 Å². The van der Waals surface area contributed by atoms with E-state index in [9.17, 15) is 18.0 Å². The fraction of sp³-hybridized carbons (Fsp3) is 0.222. The number of amides is 2. The fourth-order valence-electron chi connectivity index (χ4n) is 3.53. The van der Waals surface area contributed by atoms with E-state index < -0.39 is 22.5 Å².